The van der Waals surface area contributed by atoms with E-state index in [2.05, 4.69) is 19.1 Å². The zero-order valence-electron chi connectivity index (χ0n) is 13.4. The van der Waals surface area contributed by atoms with Gasteiger partial charge in [0.15, 0.2) is 0 Å². The number of allylic oxidation sites excluding steroid dienone is 3. The highest BCUT2D eigenvalue weighted by molar-refractivity contribution is 5.66. The Morgan fingerprint density at radius 2 is 1.30 bits per heavy atom. The molecule has 0 aliphatic carbocycles. The highest BCUT2D eigenvalue weighted by Crippen LogP contribution is 2.11. The van der Waals surface area contributed by atoms with Crippen LogP contribution in [0.4, 0.5) is 0 Å². The van der Waals surface area contributed by atoms with Gasteiger partial charge in [-0.05, 0) is 38.2 Å². The normalized spacial score (nSPS) is 11.5. The standard InChI is InChI=1S/C18H32O2/c1-3-4-5-6-7-8-9-10-11-12-13-14-15-16-17-20-18(2)19/h4-5,16-17H,3,6-15H2,1-2H3/b5-4?,17-16-. The Kier molecular flexibility index (Phi) is 15.2. The second kappa shape index (κ2) is 16.0. The monoisotopic (exact) mass is 280 g/mol. The molecule has 0 unspecified atom stereocenters. The van der Waals surface area contributed by atoms with Crippen molar-refractivity contribution >= 4 is 5.97 Å². The quantitative estimate of drug-likeness (QED) is 0.181. The van der Waals surface area contributed by atoms with E-state index in [0.717, 1.165) is 12.8 Å². The summed E-state index contributed by atoms with van der Waals surface area (Å²) in [4.78, 5) is 10.5. The molecule has 0 radical (unpaired) electrons. The third-order valence-electron chi connectivity index (χ3n) is 3.22. The summed E-state index contributed by atoms with van der Waals surface area (Å²) < 4.78 is 4.72. The summed E-state index contributed by atoms with van der Waals surface area (Å²) in [7, 11) is 0. The fraction of sp³-hybridized carbons (Fsp3) is 0.722. The molecule has 20 heavy (non-hydrogen) atoms. The number of rotatable bonds is 13. The fourth-order valence-electron chi connectivity index (χ4n) is 2.08. The highest BCUT2D eigenvalue weighted by atomic mass is 16.5. The van der Waals surface area contributed by atoms with Gasteiger partial charge in [-0.1, -0.05) is 57.6 Å². The van der Waals surface area contributed by atoms with Crippen molar-refractivity contribution in [3.8, 4) is 0 Å². The number of esters is 1. The molecule has 0 atom stereocenters. The van der Waals surface area contributed by atoms with Gasteiger partial charge in [0.1, 0.15) is 0 Å². The Bertz CT molecular complexity index is 267. The summed E-state index contributed by atoms with van der Waals surface area (Å²) in [5.74, 6) is -0.244. The summed E-state index contributed by atoms with van der Waals surface area (Å²) in [6, 6.07) is 0. The summed E-state index contributed by atoms with van der Waals surface area (Å²) in [6.07, 6.45) is 22.1. The van der Waals surface area contributed by atoms with E-state index in [1.54, 1.807) is 0 Å². The first-order valence-electron chi connectivity index (χ1n) is 8.24. The van der Waals surface area contributed by atoms with Crippen molar-refractivity contribution in [2.45, 2.75) is 84.5 Å². The molecule has 0 saturated heterocycles. The number of hydrogen-bond donors (Lipinski definition) is 0. The van der Waals surface area contributed by atoms with Crippen molar-refractivity contribution in [2.75, 3.05) is 0 Å². The van der Waals surface area contributed by atoms with Crippen LogP contribution in [0.3, 0.4) is 0 Å². The van der Waals surface area contributed by atoms with Crippen molar-refractivity contribution in [1.29, 1.82) is 0 Å². The number of carbonyl (C=O) groups is 1. The molecule has 0 spiro atoms. The molecular formula is C18H32O2. The van der Waals surface area contributed by atoms with Crippen LogP contribution in [0.25, 0.3) is 0 Å². The summed E-state index contributed by atoms with van der Waals surface area (Å²) in [6.45, 7) is 3.60. The van der Waals surface area contributed by atoms with Gasteiger partial charge in [0.05, 0.1) is 6.26 Å². The molecule has 0 aromatic rings. The maximum Gasteiger partial charge on any atom is 0.307 e. The Morgan fingerprint density at radius 1 is 0.800 bits per heavy atom. The van der Waals surface area contributed by atoms with E-state index in [1.165, 1.54) is 71.0 Å². The van der Waals surface area contributed by atoms with Crippen molar-refractivity contribution in [1.82, 2.24) is 0 Å². The first kappa shape index (κ1) is 18.9. The van der Waals surface area contributed by atoms with Crippen LogP contribution in [0, 0.1) is 0 Å². The minimum atomic E-state index is -0.244. The lowest BCUT2D eigenvalue weighted by molar-refractivity contribution is -0.135. The molecule has 0 aromatic carbocycles. The third-order valence-corrected chi connectivity index (χ3v) is 3.22. The molecule has 0 aliphatic heterocycles. The fourth-order valence-corrected chi connectivity index (χ4v) is 2.08. The Balaban J connectivity index is 3.08. The summed E-state index contributed by atoms with van der Waals surface area (Å²) >= 11 is 0. The van der Waals surface area contributed by atoms with Gasteiger partial charge in [-0.15, -0.1) is 0 Å². The average molecular weight is 280 g/mol. The largest absolute Gasteiger partial charge is 0.435 e. The molecule has 0 rings (SSSR count). The average Bonchev–Trinajstić information content (AvgIpc) is 2.43. The lowest BCUT2D eigenvalue weighted by Crippen LogP contribution is -1.89. The first-order chi connectivity index (χ1) is 9.77. The highest BCUT2D eigenvalue weighted by Gasteiger charge is 1.92. The van der Waals surface area contributed by atoms with Gasteiger partial charge in [0.2, 0.25) is 0 Å². The van der Waals surface area contributed by atoms with E-state index in [4.69, 9.17) is 4.74 Å². The lowest BCUT2D eigenvalue weighted by atomic mass is 10.1. The zero-order valence-corrected chi connectivity index (χ0v) is 13.4. The zero-order chi connectivity index (χ0) is 14.9. The molecule has 0 aliphatic rings. The summed E-state index contributed by atoms with van der Waals surface area (Å²) in [5.41, 5.74) is 0. The van der Waals surface area contributed by atoms with E-state index in [9.17, 15) is 4.79 Å². The SMILES string of the molecule is CCC=CCCCCCCCCCC/C=C\OC(C)=O. The predicted octanol–water partition coefficient (Wildman–Crippen LogP) is 5.93. The Labute approximate surface area is 125 Å². The molecule has 0 aromatic heterocycles. The van der Waals surface area contributed by atoms with E-state index in [-0.39, 0.29) is 5.97 Å². The van der Waals surface area contributed by atoms with E-state index in [0.29, 0.717) is 0 Å². The van der Waals surface area contributed by atoms with Crippen LogP contribution in [0.15, 0.2) is 24.5 Å². The van der Waals surface area contributed by atoms with Crippen molar-refractivity contribution in [3.05, 3.63) is 24.5 Å². The van der Waals surface area contributed by atoms with Gasteiger partial charge in [0, 0.05) is 6.92 Å². The van der Waals surface area contributed by atoms with E-state index < -0.39 is 0 Å². The van der Waals surface area contributed by atoms with Gasteiger partial charge in [0.25, 0.3) is 0 Å². The molecule has 0 saturated carbocycles. The molecular weight excluding hydrogens is 248 g/mol. The van der Waals surface area contributed by atoms with Crippen LogP contribution < -0.4 is 0 Å². The van der Waals surface area contributed by atoms with Gasteiger partial charge >= 0.3 is 5.97 Å². The minimum Gasteiger partial charge on any atom is -0.435 e. The van der Waals surface area contributed by atoms with Crippen LogP contribution in [0.5, 0.6) is 0 Å². The minimum absolute atomic E-state index is 0.244. The van der Waals surface area contributed by atoms with Gasteiger partial charge in [-0.2, -0.15) is 0 Å². The smallest absolute Gasteiger partial charge is 0.307 e. The molecule has 0 bridgehead atoms. The third kappa shape index (κ3) is 16.9. The maximum absolute atomic E-state index is 10.5. The molecule has 2 heteroatoms. The Hall–Kier alpha value is -1.05. The molecule has 116 valence electrons. The van der Waals surface area contributed by atoms with Crippen LogP contribution >= 0.6 is 0 Å². The van der Waals surface area contributed by atoms with E-state index >= 15 is 0 Å². The lowest BCUT2D eigenvalue weighted by Gasteiger charge is -2.00. The van der Waals surface area contributed by atoms with Crippen LogP contribution in [0.1, 0.15) is 84.5 Å². The van der Waals surface area contributed by atoms with Gasteiger partial charge in [-0.25, -0.2) is 0 Å². The molecule has 0 fully saturated rings. The topological polar surface area (TPSA) is 26.3 Å². The number of ether oxygens (including phenoxy) is 1. The van der Waals surface area contributed by atoms with Gasteiger partial charge in [-0.3, -0.25) is 4.79 Å². The molecule has 0 amide bonds. The second-order valence-corrected chi connectivity index (χ2v) is 5.27. The van der Waals surface area contributed by atoms with Crippen molar-refractivity contribution < 1.29 is 9.53 Å². The van der Waals surface area contributed by atoms with E-state index in [1.807, 2.05) is 6.08 Å². The predicted molar refractivity (Wildman–Crippen MR) is 86.5 cm³/mol. The van der Waals surface area contributed by atoms with Gasteiger partial charge < -0.3 is 4.74 Å². The molecule has 2 nitrogen and oxygen atoms in total. The maximum atomic E-state index is 10.5. The first-order valence-corrected chi connectivity index (χ1v) is 8.24. The molecule has 0 heterocycles. The number of unbranched alkanes of at least 4 members (excludes halogenated alkanes) is 9. The molecule has 0 N–H and O–H groups in total. The van der Waals surface area contributed by atoms with Crippen LogP contribution in [0.2, 0.25) is 0 Å². The second-order valence-electron chi connectivity index (χ2n) is 5.27. The summed E-state index contributed by atoms with van der Waals surface area (Å²) in [5, 5.41) is 0. The van der Waals surface area contributed by atoms with Crippen LogP contribution in [-0.2, 0) is 9.53 Å². The number of hydrogen-bond acceptors (Lipinski definition) is 2. The number of carbonyl (C=O) groups excluding carboxylic acids is 1. The van der Waals surface area contributed by atoms with Crippen LogP contribution in [-0.4, -0.2) is 5.97 Å². The Morgan fingerprint density at radius 3 is 1.80 bits per heavy atom. The van der Waals surface area contributed by atoms with Crippen molar-refractivity contribution in [2.24, 2.45) is 0 Å². The van der Waals surface area contributed by atoms with Crippen molar-refractivity contribution in [3.63, 3.8) is 0 Å².